The van der Waals surface area contributed by atoms with Gasteiger partial charge in [0.15, 0.2) is 0 Å². The van der Waals surface area contributed by atoms with Crippen LogP contribution in [0.5, 0.6) is 0 Å². The second kappa shape index (κ2) is 8.72. The summed E-state index contributed by atoms with van der Waals surface area (Å²) in [7, 11) is 4.05. The molecule has 0 bridgehead atoms. The lowest BCUT2D eigenvalue weighted by Gasteiger charge is -2.08. The molecule has 4 heterocycles. The summed E-state index contributed by atoms with van der Waals surface area (Å²) >= 11 is 12.9. The lowest BCUT2D eigenvalue weighted by molar-refractivity contribution is 0.0995. The van der Waals surface area contributed by atoms with Crippen LogP contribution in [0.15, 0.2) is 55.1 Å². The number of pyridine rings is 2. The Bertz CT molecular complexity index is 1530. The van der Waals surface area contributed by atoms with Crippen LogP contribution < -0.4 is 5.73 Å². The quantitative estimate of drug-likeness (QED) is 0.378. The van der Waals surface area contributed by atoms with Crippen LogP contribution in [-0.2, 0) is 6.54 Å². The summed E-state index contributed by atoms with van der Waals surface area (Å²) < 4.78 is 3.56. The number of benzene rings is 1. The molecule has 5 rings (SSSR count). The molecule has 0 aliphatic carbocycles. The Balaban J connectivity index is 1.69. The van der Waals surface area contributed by atoms with Gasteiger partial charge in [-0.2, -0.15) is 5.10 Å². The first-order valence-electron chi connectivity index (χ1n) is 10.6. The van der Waals surface area contributed by atoms with Crippen molar-refractivity contribution in [2.24, 2.45) is 5.73 Å². The number of carbonyl (C=O) groups excluding carboxylic acids is 1. The smallest absolute Gasteiger partial charge is 0.268 e. The molecule has 0 saturated heterocycles. The molecule has 0 unspecified atom stereocenters. The van der Waals surface area contributed by atoms with Crippen LogP contribution in [0.2, 0.25) is 10.0 Å². The fourth-order valence-electron chi connectivity index (χ4n) is 3.93. The fourth-order valence-corrected chi connectivity index (χ4v) is 4.51. The molecule has 34 heavy (non-hydrogen) atoms. The van der Waals surface area contributed by atoms with Gasteiger partial charge in [0.25, 0.3) is 5.91 Å². The number of aromatic nitrogens is 5. The van der Waals surface area contributed by atoms with Gasteiger partial charge in [-0.3, -0.25) is 18.9 Å². The largest absolute Gasteiger partial charge is 0.364 e. The van der Waals surface area contributed by atoms with E-state index >= 15 is 0 Å². The van der Waals surface area contributed by atoms with Gasteiger partial charge in [0, 0.05) is 47.2 Å². The van der Waals surface area contributed by atoms with Gasteiger partial charge in [0.2, 0.25) is 0 Å². The molecule has 0 saturated carbocycles. The van der Waals surface area contributed by atoms with Crippen molar-refractivity contribution in [2.45, 2.75) is 6.54 Å². The second-order valence-corrected chi connectivity index (χ2v) is 9.05. The first kappa shape index (κ1) is 22.3. The molecule has 0 radical (unpaired) electrons. The first-order valence-corrected chi connectivity index (χ1v) is 11.3. The molecule has 0 spiro atoms. The number of imidazole rings is 1. The third-order valence-electron chi connectivity index (χ3n) is 5.63. The van der Waals surface area contributed by atoms with E-state index in [0.717, 1.165) is 35.1 Å². The molecule has 1 aromatic carbocycles. The zero-order chi connectivity index (χ0) is 24.0. The molecule has 0 aliphatic heterocycles. The Morgan fingerprint density at radius 1 is 1.12 bits per heavy atom. The zero-order valence-electron chi connectivity index (χ0n) is 18.5. The van der Waals surface area contributed by atoms with Crippen LogP contribution in [-0.4, -0.2) is 55.6 Å². The number of nitrogens with two attached hydrogens (primary N) is 1. The summed E-state index contributed by atoms with van der Waals surface area (Å²) in [5.74, 6) is -0.635. The maximum absolute atomic E-state index is 12.5. The number of amides is 1. The number of likely N-dealkylation sites (N-methyl/N-ethyl adjacent to an activating group) is 1. The highest BCUT2D eigenvalue weighted by Crippen LogP contribution is 2.37. The van der Waals surface area contributed by atoms with E-state index in [4.69, 9.17) is 33.9 Å². The van der Waals surface area contributed by atoms with Crippen molar-refractivity contribution in [3.05, 3.63) is 70.9 Å². The Morgan fingerprint density at radius 3 is 2.59 bits per heavy atom. The molecule has 0 atom stereocenters. The van der Waals surface area contributed by atoms with Gasteiger partial charge in [-0.1, -0.05) is 29.3 Å². The average Bonchev–Trinajstić information content (AvgIpc) is 3.42. The number of halogens is 2. The lowest BCUT2D eigenvalue weighted by Crippen LogP contribution is -2.18. The highest BCUT2D eigenvalue weighted by Gasteiger charge is 2.23. The predicted octanol–water partition coefficient (Wildman–Crippen LogP) is 4.38. The summed E-state index contributed by atoms with van der Waals surface area (Å²) in [6, 6.07) is 8.93. The number of hydrogen-bond acceptors (Lipinski definition) is 5. The first-order chi connectivity index (χ1) is 16.3. The SMILES string of the molecule is CN(C)CCn1cc(-c2cnc3ccn4c(C(N)=O)c(-c5c(Cl)cccc5Cl)nc4c3c2)cn1. The molecule has 0 fully saturated rings. The molecule has 2 N–H and O–H groups in total. The average molecular weight is 494 g/mol. The highest BCUT2D eigenvalue weighted by atomic mass is 35.5. The van der Waals surface area contributed by atoms with Gasteiger partial charge in [-0.15, -0.1) is 0 Å². The van der Waals surface area contributed by atoms with Crippen molar-refractivity contribution in [3.8, 4) is 22.4 Å². The van der Waals surface area contributed by atoms with E-state index in [2.05, 4.69) is 15.0 Å². The predicted molar refractivity (Wildman–Crippen MR) is 134 cm³/mol. The number of nitrogens with zero attached hydrogens (tertiary/aromatic N) is 6. The highest BCUT2D eigenvalue weighted by molar-refractivity contribution is 6.39. The molecular formula is C24H21Cl2N7O. The Hall–Kier alpha value is -3.46. The van der Waals surface area contributed by atoms with Gasteiger partial charge in [0.05, 0.1) is 28.3 Å². The zero-order valence-corrected chi connectivity index (χ0v) is 20.0. The van der Waals surface area contributed by atoms with Crippen molar-refractivity contribution >= 4 is 45.7 Å². The third kappa shape index (κ3) is 3.90. The molecular weight excluding hydrogens is 473 g/mol. The van der Waals surface area contributed by atoms with Crippen molar-refractivity contribution < 1.29 is 4.79 Å². The number of hydrogen-bond donors (Lipinski definition) is 1. The number of carbonyl (C=O) groups is 1. The summed E-state index contributed by atoms with van der Waals surface area (Å²) in [5, 5.41) is 5.98. The maximum atomic E-state index is 12.5. The number of primary amides is 1. The number of rotatable bonds is 6. The van der Waals surface area contributed by atoms with Crippen molar-refractivity contribution in [1.29, 1.82) is 0 Å². The minimum atomic E-state index is -0.635. The summed E-state index contributed by atoms with van der Waals surface area (Å²) in [6.45, 7) is 1.66. The molecule has 1 amide bonds. The van der Waals surface area contributed by atoms with Crippen LogP contribution >= 0.6 is 23.2 Å². The van der Waals surface area contributed by atoms with Crippen LogP contribution in [0.25, 0.3) is 38.9 Å². The van der Waals surface area contributed by atoms with E-state index in [1.165, 1.54) is 0 Å². The fraction of sp³-hybridized carbons (Fsp3) is 0.167. The minimum Gasteiger partial charge on any atom is -0.364 e. The van der Waals surface area contributed by atoms with E-state index in [9.17, 15) is 4.79 Å². The van der Waals surface area contributed by atoms with E-state index in [-0.39, 0.29) is 5.69 Å². The monoisotopic (exact) mass is 493 g/mol. The number of fused-ring (bicyclic) bond motifs is 3. The van der Waals surface area contributed by atoms with Gasteiger partial charge < -0.3 is 10.6 Å². The minimum absolute atomic E-state index is 0.203. The van der Waals surface area contributed by atoms with Gasteiger partial charge >= 0.3 is 0 Å². The standard InChI is InChI=1S/C24H21Cl2N7O/c1-31(2)8-9-32-13-15(12-29-32)14-10-16-19(28-11-14)6-7-33-22(23(27)34)21(30-24(16)33)20-17(25)4-3-5-18(20)26/h3-7,10-13H,8-9H2,1-2H3,(H2,27,34). The van der Waals surface area contributed by atoms with E-state index < -0.39 is 5.91 Å². The Labute approximate surface area is 205 Å². The molecule has 0 aliphatic rings. The summed E-state index contributed by atoms with van der Waals surface area (Å²) in [5.41, 5.74) is 9.85. The van der Waals surface area contributed by atoms with Crippen LogP contribution in [0, 0.1) is 0 Å². The van der Waals surface area contributed by atoms with Gasteiger partial charge in [-0.25, -0.2) is 4.98 Å². The summed E-state index contributed by atoms with van der Waals surface area (Å²) in [4.78, 5) is 24.0. The Kier molecular flexibility index (Phi) is 5.73. The molecule has 8 nitrogen and oxygen atoms in total. The van der Waals surface area contributed by atoms with Gasteiger partial charge in [-0.05, 0) is 38.4 Å². The Morgan fingerprint density at radius 2 is 1.88 bits per heavy atom. The van der Waals surface area contributed by atoms with Crippen molar-refractivity contribution in [3.63, 3.8) is 0 Å². The van der Waals surface area contributed by atoms with Crippen LogP contribution in [0.1, 0.15) is 10.5 Å². The summed E-state index contributed by atoms with van der Waals surface area (Å²) in [6.07, 6.45) is 7.33. The second-order valence-electron chi connectivity index (χ2n) is 8.23. The van der Waals surface area contributed by atoms with Crippen molar-refractivity contribution in [1.82, 2.24) is 29.0 Å². The maximum Gasteiger partial charge on any atom is 0.268 e. The molecule has 4 aromatic heterocycles. The third-order valence-corrected chi connectivity index (χ3v) is 6.26. The van der Waals surface area contributed by atoms with Crippen LogP contribution in [0.3, 0.4) is 0 Å². The topological polar surface area (TPSA) is 94.3 Å². The van der Waals surface area contributed by atoms with E-state index in [0.29, 0.717) is 26.9 Å². The lowest BCUT2D eigenvalue weighted by atomic mass is 10.1. The van der Waals surface area contributed by atoms with E-state index in [1.54, 1.807) is 35.0 Å². The molecule has 172 valence electrons. The van der Waals surface area contributed by atoms with Crippen molar-refractivity contribution in [2.75, 3.05) is 20.6 Å². The van der Waals surface area contributed by atoms with E-state index in [1.807, 2.05) is 43.3 Å². The van der Waals surface area contributed by atoms with Gasteiger partial charge in [0.1, 0.15) is 17.0 Å². The molecule has 10 heteroatoms. The normalized spacial score (nSPS) is 11.7. The molecule has 5 aromatic rings. The van der Waals surface area contributed by atoms with Crippen LogP contribution in [0.4, 0.5) is 0 Å².